The van der Waals surface area contributed by atoms with E-state index in [2.05, 4.69) is 15.5 Å². The van der Waals surface area contributed by atoms with Crippen molar-refractivity contribution >= 4 is 34.0 Å². The fourth-order valence-corrected chi connectivity index (χ4v) is 2.55. The molecule has 1 amide bonds. The average molecular weight is 367 g/mol. The molecule has 0 aliphatic carbocycles. The van der Waals surface area contributed by atoms with Gasteiger partial charge in [0, 0.05) is 6.20 Å². The molecule has 2 aromatic rings. The third-order valence-corrected chi connectivity index (χ3v) is 3.95. The Hall–Kier alpha value is -1.94. The van der Waals surface area contributed by atoms with Crippen LogP contribution in [0.1, 0.15) is 17.5 Å². The first kappa shape index (κ1) is 17.4. The Morgan fingerprint density at radius 2 is 2.13 bits per heavy atom. The van der Waals surface area contributed by atoms with Crippen LogP contribution in [-0.4, -0.2) is 20.7 Å². The Kier molecular flexibility index (Phi) is 5.05. The number of aromatic nitrogens is 3. The molecule has 11 heteroatoms. The minimum absolute atomic E-state index is 0.206. The molecular formula is C12H10ClF3N4O2S. The van der Waals surface area contributed by atoms with E-state index in [-0.39, 0.29) is 5.13 Å². The summed E-state index contributed by atoms with van der Waals surface area (Å²) in [5.41, 5.74) is -2.00. The predicted molar refractivity (Wildman–Crippen MR) is 78.6 cm³/mol. The van der Waals surface area contributed by atoms with Crippen LogP contribution in [0.2, 0.25) is 5.02 Å². The Morgan fingerprint density at radius 1 is 1.43 bits per heavy atom. The lowest BCUT2D eigenvalue weighted by Crippen LogP contribution is -2.29. The number of amides is 1. The van der Waals surface area contributed by atoms with Crippen molar-refractivity contribution in [1.29, 1.82) is 0 Å². The zero-order valence-corrected chi connectivity index (χ0v) is 13.2. The van der Waals surface area contributed by atoms with Gasteiger partial charge in [-0.3, -0.25) is 14.9 Å². The van der Waals surface area contributed by atoms with Gasteiger partial charge in [0.25, 0.3) is 5.56 Å². The Bertz CT molecular complexity index is 787. The molecule has 2 rings (SSSR count). The summed E-state index contributed by atoms with van der Waals surface area (Å²) < 4.78 is 38.7. The van der Waals surface area contributed by atoms with Gasteiger partial charge in [-0.05, 0) is 12.5 Å². The summed E-state index contributed by atoms with van der Waals surface area (Å²) in [6.07, 6.45) is -3.49. The van der Waals surface area contributed by atoms with Crippen molar-refractivity contribution in [2.75, 3.05) is 5.32 Å². The molecule has 0 bridgehead atoms. The number of aryl methyl sites for hydroxylation is 1. The molecule has 0 saturated carbocycles. The van der Waals surface area contributed by atoms with Crippen LogP contribution >= 0.6 is 22.9 Å². The maximum atomic E-state index is 12.7. The van der Waals surface area contributed by atoms with Crippen molar-refractivity contribution in [2.45, 2.75) is 26.1 Å². The number of carbonyl (C=O) groups is 1. The molecule has 2 heterocycles. The van der Waals surface area contributed by atoms with E-state index < -0.39 is 34.8 Å². The normalized spacial score (nSPS) is 11.5. The number of halogens is 4. The SMILES string of the molecule is CCc1nnc(NC(=O)Cn2cc(C(F)(F)F)cc(Cl)c2=O)s1. The minimum atomic E-state index is -4.68. The molecular weight excluding hydrogens is 357 g/mol. The summed E-state index contributed by atoms with van der Waals surface area (Å²) in [4.78, 5) is 23.6. The highest BCUT2D eigenvalue weighted by atomic mass is 35.5. The zero-order chi connectivity index (χ0) is 17.2. The van der Waals surface area contributed by atoms with Gasteiger partial charge in [0.15, 0.2) is 0 Å². The van der Waals surface area contributed by atoms with Gasteiger partial charge in [-0.2, -0.15) is 13.2 Å². The fourth-order valence-electron chi connectivity index (χ4n) is 1.63. The van der Waals surface area contributed by atoms with E-state index in [0.29, 0.717) is 28.3 Å². The van der Waals surface area contributed by atoms with Crippen molar-refractivity contribution in [2.24, 2.45) is 0 Å². The summed E-state index contributed by atoms with van der Waals surface area (Å²) in [7, 11) is 0. The first-order valence-corrected chi connectivity index (χ1v) is 7.49. The highest BCUT2D eigenvalue weighted by molar-refractivity contribution is 7.15. The number of nitrogens with one attached hydrogen (secondary N) is 1. The number of carbonyl (C=O) groups excluding carboxylic acids is 1. The van der Waals surface area contributed by atoms with Crippen molar-refractivity contribution in [3.63, 3.8) is 0 Å². The molecule has 6 nitrogen and oxygen atoms in total. The molecule has 0 radical (unpaired) electrons. The summed E-state index contributed by atoms with van der Waals surface area (Å²) in [6, 6.07) is 0.524. The van der Waals surface area contributed by atoms with Crippen LogP contribution < -0.4 is 10.9 Å². The molecule has 23 heavy (non-hydrogen) atoms. The monoisotopic (exact) mass is 366 g/mol. The number of nitrogens with zero attached hydrogens (tertiary/aromatic N) is 3. The third kappa shape index (κ3) is 4.29. The molecule has 2 aromatic heterocycles. The summed E-state index contributed by atoms with van der Waals surface area (Å²) in [6.45, 7) is 1.24. The molecule has 0 saturated heterocycles. The molecule has 0 fully saturated rings. The third-order valence-electron chi connectivity index (χ3n) is 2.70. The topological polar surface area (TPSA) is 76.9 Å². The van der Waals surface area contributed by atoms with Crippen LogP contribution in [0.5, 0.6) is 0 Å². The van der Waals surface area contributed by atoms with Crippen LogP contribution in [0.15, 0.2) is 17.1 Å². The largest absolute Gasteiger partial charge is 0.417 e. The van der Waals surface area contributed by atoms with Crippen molar-refractivity contribution in [3.8, 4) is 0 Å². The van der Waals surface area contributed by atoms with Gasteiger partial charge in [0.1, 0.15) is 16.6 Å². The number of anilines is 1. The second-order valence-corrected chi connectivity index (χ2v) is 5.88. The maximum Gasteiger partial charge on any atom is 0.417 e. The van der Waals surface area contributed by atoms with E-state index in [1.165, 1.54) is 0 Å². The van der Waals surface area contributed by atoms with E-state index in [9.17, 15) is 22.8 Å². The van der Waals surface area contributed by atoms with E-state index >= 15 is 0 Å². The second-order valence-electron chi connectivity index (χ2n) is 4.41. The van der Waals surface area contributed by atoms with Gasteiger partial charge in [0.05, 0.1) is 5.56 Å². The predicted octanol–water partition coefficient (Wildman–Crippen LogP) is 2.57. The van der Waals surface area contributed by atoms with Gasteiger partial charge in [-0.15, -0.1) is 10.2 Å². The molecule has 0 spiro atoms. The van der Waals surface area contributed by atoms with Gasteiger partial charge in [-0.25, -0.2) is 0 Å². The van der Waals surface area contributed by atoms with E-state index in [0.717, 1.165) is 11.3 Å². The molecule has 0 unspecified atom stereocenters. The lowest BCUT2D eigenvalue weighted by Gasteiger charge is -2.11. The highest BCUT2D eigenvalue weighted by Crippen LogP contribution is 2.29. The summed E-state index contributed by atoms with van der Waals surface area (Å²) in [5, 5.41) is 10.2. The molecule has 0 aromatic carbocycles. The maximum absolute atomic E-state index is 12.7. The quantitative estimate of drug-likeness (QED) is 0.902. The zero-order valence-electron chi connectivity index (χ0n) is 11.6. The van der Waals surface area contributed by atoms with Crippen LogP contribution in [0, 0.1) is 0 Å². The van der Waals surface area contributed by atoms with Gasteiger partial charge in [0.2, 0.25) is 11.0 Å². The molecule has 124 valence electrons. The smallest absolute Gasteiger partial charge is 0.304 e. The van der Waals surface area contributed by atoms with Crippen LogP contribution in [-0.2, 0) is 23.9 Å². The average Bonchev–Trinajstić information content (AvgIpc) is 2.90. The van der Waals surface area contributed by atoms with Crippen LogP contribution in [0.3, 0.4) is 0 Å². The molecule has 1 N–H and O–H groups in total. The standard InChI is InChI=1S/C12H10ClF3N4O2S/c1-2-9-18-19-11(23-9)17-8(21)5-20-4-6(12(14,15)16)3-7(13)10(20)22/h3-4H,2,5H2,1H3,(H,17,19,21). The Morgan fingerprint density at radius 3 is 2.70 bits per heavy atom. The van der Waals surface area contributed by atoms with Gasteiger partial charge < -0.3 is 4.57 Å². The molecule has 0 atom stereocenters. The Balaban J connectivity index is 2.20. The van der Waals surface area contributed by atoms with Crippen molar-refractivity contribution in [3.05, 3.63) is 38.2 Å². The first-order chi connectivity index (χ1) is 10.7. The number of pyridine rings is 1. The lowest BCUT2D eigenvalue weighted by molar-refractivity contribution is -0.138. The second kappa shape index (κ2) is 6.67. The summed E-state index contributed by atoms with van der Waals surface area (Å²) >= 11 is 6.64. The number of hydrogen-bond acceptors (Lipinski definition) is 5. The summed E-state index contributed by atoms with van der Waals surface area (Å²) in [5.74, 6) is -0.707. The van der Waals surface area contributed by atoms with Crippen molar-refractivity contribution in [1.82, 2.24) is 14.8 Å². The number of hydrogen-bond donors (Lipinski definition) is 1. The molecule has 0 aliphatic heterocycles. The highest BCUT2D eigenvalue weighted by Gasteiger charge is 2.32. The molecule has 0 aliphatic rings. The van der Waals surface area contributed by atoms with E-state index in [1.54, 1.807) is 0 Å². The van der Waals surface area contributed by atoms with E-state index in [4.69, 9.17) is 11.6 Å². The van der Waals surface area contributed by atoms with Crippen molar-refractivity contribution < 1.29 is 18.0 Å². The first-order valence-electron chi connectivity index (χ1n) is 6.30. The Labute approximate surface area is 136 Å². The minimum Gasteiger partial charge on any atom is -0.304 e. The van der Waals surface area contributed by atoms with Gasteiger partial charge >= 0.3 is 6.18 Å². The number of alkyl halides is 3. The van der Waals surface area contributed by atoms with Gasteiger partial charge in [-0.1, -0.05) is 29.9 Å². The van der Waals surface area contributed by atoms with Crippen LogP contribution in [0.4, 0.5) is 18.3 Å². The van der Waals surface area contributed by atoms with Crippen LogP contribution in [0.25, 0.3) is 0 Å². The van der Waals surface area contributed by atoms with E-state index in [1.807, 2.05) is 6.92 Å². The number of rotatable bonds is 4. The fraction of sp³-hybridized carbons (Fsp3) is 0.333. The lowest BCUT2D eigenvalue weighted by atomic mass is 10.2.